The number of rotatable bonds is 2. The molecule has 0 radical (unpaired) electrons. The molecule has 0 aliphatic rings. The van der Waals surface area contributed by atoms with Crippen molar-refractivity contribution in [1.29, 1.82) is 0 Å². The van der Waals surface area contributed by atoms with Crippen molar-refractivity contribution in [2.75, 3.05) is 11.1 Å². The SMILES string of the molecule is Cc1ccc(C(=O)Nc2ccc(N)nc2)cn1. The maximum Gasteiger partial charge on any atom is 0.257 e. The first-order valence-corrected chi connectivity index (χ1v) is 5.11. The van der Waals surface area contributed by atoms with Crippen LogP contribution in [0, 0.1) is 6.92 Å². The molecule has 17 heavy (non-hydrogen) atoms. The van der Waals surface area contributed by atoms with Gasteiger partial charge in [0.05, 0.1) is 17.4 Å². The van der Waals surface area contributed by atoms with Crippen LogP contribution in [-0.4, -0.2) is 15.9 Å². The molecule has 2 rings (SSSR count). The van der Waals surface area contributed by atoms with Gasteiger partial charge in [-0.2, -0.15) is 0 Å². The fraction of sp³-hybridized carbons (Fsp3) is 0.0833. The molecule has 0 saturated heterocycles. The second-order valence-corrected chi connectivity index (χ2v) is 3.61. The highest BCUT2D eigenvalue weighted by Crippen LogP contribution is 2.09. The second-order valence-electron chi connectivity index (χ2n) is 3.61. The minimum atomic E-state index is -0.218. The van der Waals surface area contributed by atoms with Gasteiger partial charge < -0.3 is 11.1 Å². The fourth-order valence-electron chi connectivity index (χ4n) is 1.28. The van der Waals surface area contributed by atoms with Gasteiger partial charge in [-0.3, -0.25) is 9.78 Å². The number of hydrogen-bond acceptors (Lipinski definition) is 4. The van der Waals surface area contributed by atoms with Crippen molar-refractivity contribution in [3.8, 4) is 0 Å². The molecule has 2 aromatic rings. The van der Waals surface area contributed by atoms with Gasteiger partial charge in [0.15, 0.2) is 0 Å². The van der Waals surface area contributed by atoms with Gasteiger partial charge in [0, 0.05) is 11.9 Å². The summed E-state index contributed by atoms with van der Waals surface area (Å²) in [6.45, 7) is 1.87. The highest BCUT2D eigenvalue weighted by atomic mass is 16.1. The topological polar surface area (TPSA) is 80.9 Å². The summed E-state index contributed by atoms with van der Waals surface area (Å²) in [5, 5.41) is 2.71. The molecule has 86 valence electrons. The lowest BCUT2D eigenvalue weighted by Gasteiger charge is -2.04. The number of amides is 1. The van der Waals surface area contributed by atoms with Crippen LogP contribution in [0.1, 0.15) is 16.1 Å². The highest BCUT2D eigenvalue weighted by Gasteiger charge is 2.06. The largest absolute Gasteiger partial charge is 0.384 e. The van der Waals surface area contributed by atoms with E-state index < -0.39 is 0 Å². The van der Waals surface area contributed by atoms with E-state index in [2.05, 4.69) is 15.3 Å². The lowest BCUT2D eigenvalue weighted by atomic mass is 10.2. The van der Waals surface area contributed by atoms with Gasteiger partial charge >= 0.3 is 0 Å². The van der Waals surface area contributed by atoms with Gasteiger partial charge in [0.25, 0.3) is 5.91 Å². The summed E-state index contributed by atoms with van der Waals surface area (Å²) in [6, 6.07) is 6.84. The van der Waals surface area contributed by atoms with Gasteiger partial charge in [-0.05, 0) is 31.2 Å². The molecule has 0 aromatic carbocycles. The summed E-state index contributed by atoms with van der Waals surface area (Å²) in [5.74, 6) is 0.198. The third kappa shape index (κ3) is 2.78. The maximum absolute atomic E-state index is 11.8. The van der Waals surface area contributed by atoms with Crippen LogP contribution in [0.2, 0.25) is 0 Å². The molecule has 0 atom stereocenters. The van der Waals surface area contributed by atoms with Crippen molar-refractivity contribution in [3.05, 3.63) is 47.9 Å². The Labute approximate surface area is 98.7 Å². The number of carbonyl (C=O) groups excluding carboxylic acids is 1. The van der Waals surface area contributed by atoms with Gasteiger partial charge in [-0.15, -0.1) is 0 Å². The Balaban J connectivity index is 2.11. The van der Waals surface area contributed by atoms with Crippen molar-refractivity contribution in [2.24, 2.45) is 0 Å². The number of anilines is 2. The predicted octanol–water partition coefficient (Wildman–Crippen LogP) is 1.62. The lowest BCUT2D eigenvalue weighted by Crippen LogP contribution is -2.12. The molecule has 2 aromatic heterocycles. The van der Waals surface area contributed by atoms with Crippen LogP contribution >= 0.6 is 0 Å². The molecule has 0 aliphatic heterocycles. The number of hydrogen-bond donors (Lipinski definition) is 2. The highest BCUT2D eigenvalue weighted by molar-refractivity contribution is 6.03. The van der Waals surface area contributed by atoms with Gasteiger partial charge in [0.1, 0.15) is 5.82 Å². The first-order chi connectivity index (χ1) is 8.15. The number of nitrogens with zero attached hydrogens (tertiary/aromatic N) is 2. The average molecular weight is 228 g/mol. The van der Waals surface area contributed by atoms with Crippen molar-refractivity contribution in [2.45, 2.75) is 6.92 Å². The molecular formula is C12H12N4O. The third-order valence-corrected chi connectivity index (χ3v) is 2.22. The molecule has 1 amide bonds. The van der Waals surface area contributed by atoms with Crippen LogP contribution in [-0.2, 0) is 0 Å². The molecule has 5 heteroatoms. The van der Waals surface area contributed by atoms with E-state index in [1.54, 1.807) is 24.3 Å². The average Bonchev–Trinajstić information content (AvgIpc) is 2.33. The van der Waals surface area contributed by atoms with Crippen LogP contribution in [0.3, 0.4) is 0 Å². The summed E-state index contributed by atoms with van der Waals surface area (Å²) in [7, 11) is 0. The quantitative estimate of drug-likeness (QED) is 0.818. The Morgan fingerprint density at radius 1 is 1.18 bits per heavy atom. The number of pyridine rings is 2. The van der Waals surface area contributed by atoms with Gasteiger partial charge in [-0.25, -0.2) is 4.98 Å². The number of nitrogens with two attached hydrogens (primary N) is 1. The van der Waals surface area contributed by atoms with E-state index in [1.165, 1.54) is 12.4 Å². The van der Waals surface area contributed by atoms with Crippen LogP contribution in [0.25, 0.3) is 0 Å². The molecular weight excluding hydrogens is 216 g/mol. The minimum absolute atomic E-state index is 0.218. The van der Waals surface area contributed by atoms with E-state index in [0.717, 1.165) is 5.69 Å². The summed E-state index contributed by atoms with van der Waals surface area (Å²) >= 11 is 0. The Morgan fingerprint density at radius 3 is 2.59 bits per heavy atom. The number of aromatic nitrogens is 2. The van der Waals surface area contributed by atoms with E-state index in [9.17, 15) is 4.79 Å². The normalized spacial score (nSPS) is 9.94. The monoisotopic (exact) mass is 228 g/mol. The van der Waals surface area contributed by atoms with Crippen LogP contribution in [0.15, 0.2) is 36.7 Å². The Kier molecular flexibility index (Phi) is 3.00. The van der Waals surface area contributed by atoms with Crippen molar-refractivity contribution >= 4 is 17.4 Å². The number of carbonyl (C=O) groups is 1. The molecule has 0 fully saturated rings. The van der Waals surface area contributed by atoms with Crippen molar-refractivity contribution < 1.29 is 4.79 Å². The molecule has 2 heterocycles. The summed E-state index contributed by atoms with van der Waals surface area (Å²) < 4.78 is 0. The van der Waals surface area contributed by atoms with E-state index in [0.29, 0.717) is 17.1 Å². The Hall–Kier alpha value is -2.43. The zero-order valence-electron chi connectivity index (χ0n) is 9.34. The number of nitrogen functional groups attached to an aromatic ring is 1. The molecule has 0 spiro atoms. The second kappa shape index (κ2) is 4.61. The molecule has 0 bridgehead atoms. The minimum Gasteiger partial charge on any atom is -0.384 e. The number of nitrogens with one attached hydrogen (secondary N) is 1. The van der Waals surface area contributed by atoms with E-state index in [-0.39, 0.29) is 5.91 Å². The molecule has 5 nitrogen and oxygen atoms in total. The summed E-state index contributed by atoms with van der Waals surface area (Å²) in [6.07, 6.45) is 3.05. The summed E-state index contributed by atoms with van der Waals surface area (Å²) in [4.78, 5) is 19.7. The van der Waals surface area contributed by atoms with Crippen molar-refractivity contribution in [3.63, 3.8) is 0 Å². The zero-order chi connectivity index (χ0) is 12.3. The van der Waals surface area contributed by atoms with Crippen molar-refractivity contribution in [1.82, 2.24) is 9.97 Å². The van der Waals surface area contributed by atoms with Gasteiger partial charge in [0.2, 0.25) is 0 Å². The van der Waals surface area contributed by atoms with E-state index in [1.807, 2.05) is 6.92 Å². The molecule has 0 aliphatic carbocycles. The first kappa shape index (κ1) is 11.1. The first-order valence-electron chi connectivity index (χ1n) is 5.11. The maximum atomic E-state index is 11.8. The molecule has 0 unspecified atom stereocenters. The van der Waals surface area contributed by atoms with Crippen LogP contribution in [0.5, 0.6) is 0 Å². The third-order valence-electron chi connectivity index (χ3n) is 2.22. The Bertz CT molecular complexity index is 519. The molecule has 0 saturated carbocycles. The fourth-order valence-corrected chi connectivity index (χ4v) is 1.28. The van der Waals surface area contributed by atoms with Crippen LogP contribution < -0.4 is 11.1 Å². The van der Waals surface area contributed by atoms with E-state index >= 15 is 0 Å². The smallest absolute Gasteiger partial charge is 0.257 e. The summed E-state index contributed by atoms with van der Waals surface area (Å²) in [5.41, 5.74) is 7.43. The van der Waals surface area contributed by atoms with Crippen LogP contribution in [0.4, 0.5) is 11.5 Å². The molecule has 3 N–H and O–H groups in total. The predicted molar refractivity (Wildman–Crippen MR) is 65.6 cm³/mol. The van der Waals surface area contributed by atoms with E-state index in [4.69, 9.17) is 5.73 Å². The standard InChI is InChI=1S/C12H12N4O/c1-8-2-3-9(6-14-8)12(17)16-10-4-5-11(13)15-7-10/h2-7H,1H3,(H2,13,15)(H,16,17). The lowest BCUT2D eigenvalue weighted by molar-refractivity contribution is 0.102. The number of aryl methyl sites for hydroxylation is 1. The Morgan fingerprint density at radius 2 is 2.00 bits per heavy atom. The van der Waals surface area contributed by atoms with Gasteiger partial charge in [-0.1, -0.05) is 0 Å². The zero-order valence-corrected chi connectivity index (χ0v) is 9.34.